The van der Waals surface area contributed by atoms with Crippen LogP contribution in [0, 0.1) is 40.4 Å². The summed E-state index contributed by atoms with van der Waals surface area (Å²) in [5.74, 6) is -0.864. The summed E-state index contributed by atoms with van der Waals surface area (Å²) in [6.07, 6.45) is -37.5. The van der Waals surface area contributed by atoms with Crippen molar-refractivity contribution < 1.29 is 165 Å². The molecule has 3 saturated carbocycles. The van der Waals surface area contributed by atoms with Crippen molar-refractivity contribution in [3.05, 3.63) is 11.6 Å². The van der Waals surface area contributed by atoms with Crippen molar-refractivity contribution in [1.82, 2.24) is 0 Å². The summed E-state index contributed by atoms with van der Waals surface area (Å²) in [6, 6.07) is 0. The summed E-state index contributed by atoms with van der Waals surface area (Å²) in [6.45, 7) is 12.5. The molecule has 0 spiro atoms. The van der Waals surface area contributed by atoms with Gasteiger partial charge in [0.05, 0.1) is 49.3 Å². The predicted molar refractivity (Wildman–Crippen MR) is 284 cm³/mol. The largest absolute Gasteiger partial charge is 1.00 e. The molecule has 0 aromatic rings. The van der Waals surface area contributed by atoms with Crippen LogP contribution in [0.1, 0.15) is 113 Å². The molecule has 33 atom stereocenters. The Kier molecular flexibility index (Phi) is 23.0. The summed E-state index contributed by atoms with van der Waals surface area (Å²) in [5.41, 5.74) is -1.31. The number of aliphatic hydroxyl groups is 13. The minimum Gasteiger partial charge on any atom is -0.726 e. The van der Waals surface area contributed by atoms with Gasteiger partial charge in [-0.3, -0.25) is 8.98 Å². The Bertz CT molecular complexity index is 2430. The minimum atomic E-state index is -5.13. The van der Waals surface area contributed by atoms with Crippen molar-refractivity contribution in [3.8, 4) is 0 Å². The molecule has 30 heteroatoms. The molecule has 0 amide bonds. The Hall–Kier alpha value is -0.640. The quantitative estimate of drug-likeness (QED) is 0.0263. The molecule has 0 bridgehead atoms. The van der Waals surface area contributed by atoms with Crippen LogP contribution < -0.4 is 29.6 Å². The second-order valence-corrected chi connectivity index (χ2v) is 27.7. The first-order chi connectivity index (χ1) is 39.7. The molecule has 9 aliphatic rings. The number of Topliss-reactive ketones (excluding diaryl/α,β-unsaturated/α-hetero) is 1. The number of hydrogen-bond donors (Lipinski definition) is 13. The van der Waals surface area contributed by atoms with E-state index < -0.39 is 206 Å². The van der Waals surface area contributed by atoms with Gasteiger partial charge in [-0.25, -0.2) is 8.42 Å². The van der Waals surface area contributed by atoms with E-state index in [1.165, 1.54) is 20.8 Å². The second-order valence-electron chi connectivity index (χ2n) is 26.6. The Labute approximate surface area is 522 Å². The maximum atomic E-state index is 13.2. The monoisotopic (exact) mass is 1270 g/mol. The van der Waals surface area contributed by atoms with Crippen LogP contribution in [0.3, 0.4) is 0 Å². The normalized spacial score (nSPS) is 50.7. The molecule has 5 heterocycles. The number of ketones is 1. The van der Waals surface area contributed by atoms with Gasteiger partial charge in [-0.1, -0.05) is 39.3 Å². The molecule has 0 radical (unpaired) electrons. The summed E-state index contributed by atoms with van der Waals surface area (Å²) in [4.78, 5) is 13.2. The molecule has 0 aromatic heterocycles. The minimum absolute atomic E-state index is 0. The number of hydrogen-bond acceptors (Lipinski definition) is 28. The smallest absolute Gasteiger partial charge is 0.726 e. The Balaban J connectivity index is 0.00000961. The fourth-order valence-electron chi connectivity index (χ4n) is 15.8. The molecule has 3 unspecified atom stereocenters. The molecular weight excluding hydrogens is 1180 g/mol. The maximum absolute atomic E-state index is 13.2. The van der Waals surface area contributed by atoms with Gasteiger partial charge in [-0.2, -0.15) is 0 Å². The van der Waals surface area contributed by atoms with E-state index in [0.717, 1.165) is 5.57 Å². The Morgan fingerprint density at radius 3 is 1.78 bits per heavy atom. The molecule has 9 rings (SSSR count). The third kappa shape index (κ3) is 14.2. The Morgan fingerprint density at radius 2 is 1.21 bits per heavy atom. The average molecular weight is 1270 g/mol. The molecule has 4 aliphatic carbocycles. The van der Waals surface area contributed by atoms with Crippen LogP contribution in [-0.4, -0.2) is 264 Å². The van der Waals surface area contributed by atoms with E-state index in [0.29, 0.717) is 38.5 Å². The standard InChI is InChI=1S/C56H92O28S.Na/c1-21(2)15-25(58)18-56(8,70)34-10-9-28-27-17-31(30-16-26(84-85(71,72)73)11-13-54(30,6)29(27)12-14-55(28,34)7)78-51-45(69)46(37(61)24(5)77-51)81-52-47(82-49-43(67)40(64)35(59)22(3)75-49)39(63)33(20-74-52)80-53-48(42(66)38(62)32(19-57)79-53)83-50-44(68)41(65)36(60)23(4)76-50;/h12,21-24,26-28,30-53,57,59-70H,9-11,13-20H2,1-8H3,(H,71,72,73);/q;+1/p-1/t22-,23-,24-,26+,27?,28?,30-,31+,32-,33-,34+,35-,36+,37-,38+,39+,40+,41+,42+,43-,44-,45-,46+,47-,48-,49+,50+,51+,52+,53+,54-,55+,56?;/m1./s1. The molecule has 5 saturated heterocycles. The van der Waals surface area contributed by atoms with E-state index in [2.05, 4.69) is 19.9 Å². The first-order valence-corrected chi connectivity index (χ1v) is 31.2. The topological polar surface area (TPSA) is 439 Å². The van der Waals surface area contributed by atoms with Crippen molar-refractivity contribution in [1.29, 1.82) is 0 Å². The molecule has 13 N–H and O–H groups in total. The second kappa shape index (κ2) is 27.7. The van der Waals surface area contributed by atoms with Crippen molar-refractivity contribution in [2.45, 2.75) is 278 Å². The molecule has 490 valence electrons. The van der Waals surface area contributed by atoms with Crippen LogP contribution in [0.4, 0.5) is 0 Å². The van der Waals surface area contributed by atoms with Crippen LogP contribution in [0.15, 0.2) is 11.6 Å². The van der Waals surface area contributed by atoms with Crippen molar-refractivity contribution in [2.75, 3.05) is 13.2 Å². The summed E-state index contributed by atoms with van der Waals surface area (Å²) < 4.78 is 102. The van der Waals surface area contributed by atoms with E-state index in [-0.39, 0.29) is 78.3 Å². The first-order valence-electron chi connectivity index (χ1n) is 29.9. The zero-order chi connectivity index (χ0) is 62.3. The summed E-state index contributed by atoms with van der Waals surface area (Å²) in [5, 5.41) is 145. The number of rotatable bonds is 18. The van der Waals surface area contributed by atoms with Gasteiger partial charge in [0.15, 0.2) is 31.5 Å². The average Bonchev–Trinajstić information content (AvgIpc) is 1.30. The zero-order valence-electron chi connectivity index (χ0n) is 50.1. The predicted octanol–water partition coefficient (Wildman–Crippen LogP) is -6.02. The molecule has 0 aromatic carbocycles. The summed E-state index contributed by atoms with van der Waals surface area (Å²) in [7, 11) is -5.13. The van der Waals surface area contributed by atoms with Gasteiger partial charge in [0, 0.05) is 12.8 Å². The van der Waals surface area contributed by atoms with Gasteiger partial charge in [0.25, 0.3) is 0 Å². The number of carbonyl (C=O) groups excluding carboxylic acids is 1. The Morgan fingerprint density at radius 1 is 0.663 bits per heavy atom. The van der Waals surface area contributed by atoms with Crippen molar-refractivity contribution in [3.63, 3.8) is 0 Å². The van der Waals surface area contributed by atoms with Gasteiger partial charge < -0.3 is 118 Å². The molecule has 5 aliphatic heterocycles. The van der Waals surface area contributed by atoms with Crippen LogP contribution in [0.2, 0.25) is 0 Å². The molecule has 86 heavy (non-hydrogen) atoms. The number of fused-ring (bicyclic) bond motifs is 5. The van der Waals surface area contributed by atoms with Gasteiger partial charge >= 0.3 is 29.6 Å². The van der Waals surface area contributed by atoms with E-state index in [1.807, 2.05) is 13.8 Å². The van der Waals surface area contributed by atoms with Crippen LogP contribution in [-0.2, 0) is 66.7 Å². The SMILES string of the molecule is CC(C)CC(=O)CC(C)(O)[C@H]1CCC2C3C[C@H](O[C@@H]4O[C@H](C)[C@@H](O)[C@H](O[C@@H]5OC[C@@H](O[C@@H]6O[C@H](CO)[C@H](O)[C@H](O)[C@H]6O[C@@H]6O[C@H](C)[C@H](O)[C@H](O)[C@H]6O)[C@H](O)[C@H]5O[C@@H]5O[C@H](C)[C@@H](O)[C@H](O)[C@H]5O)[C@H]4O)[C@H]4C[C@@H](OS(=O)(=O)[O-])CC[C@]4(C)C3=CC[C@@]21C.[Na+]. The van der Waals surface area contributed by atoms with Crippen LogP contribution in [0.5, 0.6) is 0 Å². The van der Waals surface area contributed by atoms with Gasteiger partial charge in [-0.15, -0.1) is 0 Å². The number of allylic oxidation sites excluding steroid dienone is 2. The molecular formula is C56H91NaO28S. The van der Waals surface area contributed by atoms with E-state index in [9.17, 15) is 84.1 Å². The summed E-state index contributed by atoms with van der Waals surface area (Å²) >= 11 is 0. The number of ether oxygens (including phenoxy) is 10. The fourth-order valence-corrected chi connectivity index (χ4v) is 16.3. The van der Waals surface area contributed by atoms with E-state index in [1.54, 1.807) is 6.92 Å². The van der Waals surface area contributed by atoms with E-state index in [4.69, 9.17) is 51.6 Å². The third-order valence-electron chi connectivity index (χ3n) is 20.3. The van der Waals surface area contributed by atoms with Crippen molar-refractivity contribution >= 4 is 16.2 Å². The third-order valence-corrected chi connectivity index (χ3v) is 20.8. The van der Waals surface area contributed by atoms with Crippen molar-refractivity contribution in [2.24, 2.45) is 40.4 Å². The van der Waals surface area contributed by atoms with Crippen LogP contribution >= 0.6 is 0 Å². The van der Waals surface area contributed by atoms with E-state index >= 15 is 0 Å². The van der Waals surface area contributed by atoms with Crippen LogP contribution in [0.25, 0.3) is 0 Å². The molecule has 8 fully saturated rings. The van der Waals surface area contributed by atoms with Gasteiger partial charge in [0.1, 0.15) is 103 Å². The first kappa shape index (κ1) is 71.2. The number of carbonyl (C=O) groups is 1. The van der Waals surface area contributed by atoms with Gasteiger partial charge in [-0.05, 0) is 113 Å². The maximum Gasteiger partial charge on any atom is 1.00 e. The fraction of sp³-hybridized carbons (Fsp3) is 0.946. The molecule has 28 nitrogen and oxygen atoms in total. The number of aliphatic hydroxyl groups excluding tert-OH is 12. The zero-order valence-corrected chi connectivity index (χ0v) is 52.9. The van der Waals surface area contributed by atoms with Gasteiger partial charge in [0.2, 0.25) is 10.4 Å².